The summed E-state index contributed by atoms with van der Waals surface area (Å²) in [6, 6.07) is 16.0. The topological polar surface area (TPSA) is 98.4 Å². The zero-order valence-corrected chi connectivity index (χ0v) is 18.8. The SMILES string of the molecule is Cc1c(C(O)=C2C(=O)CCCC2=O)ccc2c1c(=O)n(-c1cccc3ccccc13)c(=O)n2C. The lowest BCUT2D eigenvalue weighted by molar-refractivity contribution is -0.123. The molecule has 0 atom stereocenters. The van der Waals surface area contributed by atoms with Crippen molar-refractivity contribution in [1.82, 2.24) is 9.13 Å². The van der Waals surface area contributed by atoms with Crippen LogP contribution in [0.5, 0.6) is 0 Å². The molecule has 0 unspecified atom stereocenters. The fourth-order valence-electron chi connectivity index (χ4n) is 4.78. The van der Waals surface area contributed by atoms with Gasteiger partial charge in [-0.3, -0.25) is 19.0 Å². The van der Waals surface area contributed by atoms with Crippen LogP contribution in [0.4, 0.5) is 0 Å². The maximum absolute atomic E-state index is 13.8. The molecule has 0 spiro atoms. The fraction of sp³-hybridized carbons (Fsp3) is 0.185. The van der Waals surface area contributed by atoms with E-state index in [2.05, 4.69) is 0 Å². The van der Waals surface area contributed by atoms with Crippen LogP contribution in [0.15, 0.2) is 69.8 Å². The molecule has 1 heterocycles. The third-order valence-corrected chi connectivity index (χ3v) is 6.56. The van der Waals surface area contributed by atoms with Crippen LogP contribution in [-0.2, 0) is 16.6 Å². The van der Waals surface area contributed by atoms with Gasteiger partial charge in [0.25, 0.3) is 5.56 Å². The summed E-state index contributed by atoms with van der Waals surface area (Å²) in [7, 11) is 1.58. The van der Waals surface area contributed by atoms with E-state index in [1.54, 1.807) is 32.2 Å². The number of allylic oxidation sites excluding steroid dienone is 1. The number of Topliss-reactive ketones (excluding diaryl/α,β-unsaturated/α-hetero) is 2. The Hall–Kier alpha value is -4.26. The third-order valence-electron chi connectivity index (χ3n) is 6.56. The van der Waals surface area contributed by atoms with E-state index in [4.69, 9.17) is 0 Å². The minimum atomic E-state index is -0.534. The zero-order chi connectivity index (χ0) is 24.1. The Bertz CT molecular complexity index is 1660. The largest absolute Gasteiger partial charge is 0.506 e. The van der Waals surface area contributed by atoms with Gasteiger partial charge in [0.15, 0.2) is 11.6 Å². The molecule has 0 amide bonds. The van der Waals surface area contributed by atoms with E-state index in [0.717, 1.165) is 15.3 Å². The van der Waals surface area contributed by atoms with E-state index >= 15 is 0 Å². The fourth-order valence-corrected chi connectivity index (χ4v) is 4.78. The number of fused-ring (bicyclic) bond motifs is 2. The molecular formula is C27H22N2O5. The molecule has 0 bridgehead atoms. The normalized spacial score (nSPS) is 14.2. The molecule has 5 rings (SSSR count). The molecule has 7 nitrogen and oxygen atoms in total. The minimum absolute atomic E-state index is 0.195. The van der Waals surface area contributed by atoms with Crippen molar-refractivity contribution in [2.45, 2.75) is 26.2 Å². The van der Waals surface area contributed by atoms with E-state index in [1.807, 2.05) is 30.3 Å². The van der Waals surface area contributed by atoms with Gasteiger partial charge in [0, 0.05) is 30.8 Å². The molecule has 1 fully saturated rings. The van der Waals surface area contributed by atoms with E-state index in [-0.39, 0.29) is 29.4 Å². The summed E-state index contributed by atoms with van der Waals surface area (Å²) in [6.07, 6.45) is 0.850. The van der Waals surface area contributed by atoms with Crippen molar-refractivity contribution < 1.29 is 14.7 Å². The average molecular weight is 454 g/mol. The second-order valence-corrected chi connectivity index (χ2v) is 8.54. The van der Waals surface area contributed by atoms with Crippen LogP contribution in [0.3, 0.4) is 0 Å². The number of rotatable bonds is 2. The Morgan fingerprint density at radius 2 is 1.56 bits per heavy atom. The molecule has 0 saturated heterocycles. The molecule has 1 aliphatic rings. The van der Waals surface area contributed by atoms with Crippen molar-refractivity contribution >= 4 is 39.0 Å². The van der Waals surface area contributed by atoms with Gasteiger partial charge in [0.2, 0.25) is 0 Å². The summed E-state index contributed by atoms with van der Waals surface area (Å²) in [5.41, 5.74) is 0.221. The van der Waals surface area contributed by atoms with Gasteiger partial charge in [-0.1, -0.05) is 36.4 Å². The van der Waals surface area contributed by atoms with Crippen LogP contribution in [-0.4, -0.2) is 25.8 Å². The van der Waals surface area contributed by atoms with E-state index in [9.17, 15) is 24.3 Å². The van der Waals surface area contributed by atoms with Crippen molar-refractivity contribution in [3.05, 3.63) is 92.1 Å². The van der Waals surface area contributed by atoms with Gasteiger partial charge in [-0.25, -0.2) is 9.36 Å². The van der Waals surface area contributed by atoms with Gasteiger partial charge in [0.05, 0.1) is 16.6 Å². The maximum Gasteiger partial charge on any atom is 0.335 e. The highest BCUT2D eigenvalue weighted by molar-refractivity contribution is 6.26. The highest BCUT2D eigenvalue weighted by atomic mass is 16.3. The molecule has 170 valence electrons. The number of aliphatic hydroxyl groups is 1. The quantitative estimate of drug-likeness (QED) is 0.283. The van der Waals surface area contributed by atoms with Gasteiger partial charge < -0.3 is 5.11 Å². The maximum atomic E-state index is 13.8. The van der Waals surface area contributed by atoms with Gasteiger partial charge in [-0.05, 0) is 42.5 Å². The number of ketones is 2. The second-order valence-electron chi connectivity index (χ2n) is 8.54. The molecule has 7 heteroatoms. The van der Waals surface area contributed by atoms with Crippen LogP contribution in [0, 0.1) is 6.92 Å². The van der Waals surface area contributed by atoms with Gasteiger partial charge in [-0.2, -0.15) is 0 Å². The van der Waals surface area contributed by atoms with Crippen molar-refractivity contribution in [1.29, 1.82) is 0 Å². The van der Waals surface area contributed by atoms with Gasteiger partial charge in [-0.15, -0.1) is 0 Å². The number of aliphatic hydroxyl groups excluding tert-OH is 1. The molecular weight excluding hydrogens is 432 g/mol. The second kappa shape index (κ2) is 7.95. The lowest BCUT2D eigenvalue weighted by Crippen LogP contribution is -2.38. The van der Waals surface area contributed by atoms with Crippen LogP contribution in [0.2, 0.25) is 0 Å². The molecule has 34 heavy (non-hydrogen) atoms. The molecule has 1 aromatic heterocycles. The summed E-state index contributed by atoms with van der Waals surface area (Å²) in [4.78, 5) is 51.8. The van der Waals surface area contributed by atoms with Crippen LogP contribution in [0.25, 0.3) is 33.1 Å². The summed E-state index contributed by atoms with van der Waals surface area (Å²) in [5, 5.41) is 12.8. The van der Waals surface area contributed by atoms with Gasteiger partial charge in [0.1, 0.15) is 11.3 Å². The standard InChI is InChI=1S/C27H22N2O5/c1-15-17(25(32)24-21(30)11-6-12-22(24)31)13-14-20-23(15)26(33)29(27(34)28(20)2)19-10-5-8-16-7-3-4-9-18(16)19/h3-5,7-10,13-14,32H,6,11-12H2,1-2H3. The molecule has 0 aliphatic heterocycles. The lowest BCUT2D eigenvalue weighted by atomic mass is 9.88. The van der Waals surface area contributed by atoms with E-state index < -0.39 is 28.6 Å². The first kappa shape index (κ1) is 21.6. The van der Waals surface area contributed by atoms with Crippen LogP contribution >= 0.6 is 0 Å². The van der Waals surface area contributed by atoms with E-state index in [1.165, 1.54) is 10.6 Å². The van der Waals surface area contributed by atoms with Crippen molar-refractivity contribution in [3.63, 3.8) is 0 Å². The first-order valence-corrected chi connectivity index (χ1v) is 11.0. The molecule has 1 aliphatic carbocycles. The molecule has 0 radical (unpaired) electrons. The Balaban J connectivity index is 1.86. The van der Waals surface area contributed by atoms with Crippen molar-refractivity contribution in [2.75, 3.05) is 0 Å². The summed E-state index contributed by atoms with van der Waals surface area (Å²) in [5.74, 6) is -1.22. The lowest BCUT2D eigenvalue weighted by Gasteiger charge is -2.17. The number of aromatic nitrogens is 2. The van der Waals surface area contributed by atoms with Crippen molar-refractivity contribution in [2.24, 2.45) is 7.05 Å². The van der Waals surface area contributed by atoms with Crippen LogP contribution in [0.1, 0.15) is 30.4 Å². The zero-order valence-electron chi connectivity index (χ0n) is 18.8. The summed E-state index contributed by atoms with van der Waals surface area (Å²) >= 11 is 0. The number of benzene rings is 3. The minimum Gasteiger partial charge on any atom is -0.506 e. The summed E-state index contributed by atoms with van der Waals surface area (Å²) in [6.45, 7) is 1.64. The molecule has 4 aromatic rings. The number of hydrogen-bond donors (Lipinski definition) is 1. The number of hydrogen-bond acceptors (Lipinski definition) is 5. The third kappa shape index (κ3) is 3.12. The van der Waals surface area contributed by atoms with Crippen LogP contribution < -0.4 is 11.2 Å². The smallest absolute Gasteiger partial charge is 0.335 e. The highest BCUT2D eigenvalue weighted by Gasteiger charge is 2.29. The number of carbonyl (C=O) groups excluding carboxylic acids is 2. The van der Waals surface area contributed by atoms with Gasteiger partial charge >= 0.3 is 5.69 Å². The molecule has 1 N–H and O–H groups in total. The number of carbonyl (C=O) groups is 2. The molecule has 1 saturated carbocycles. The monoisotopic (exact) mass is 454 g/mol. The Morgan fingerprint density at radius 1 is 0.882 bits per heavy atom. The molecule has 3 aromatic carbocycles. The van der Waals surface area contributed by atoms with E-state index in [0.29, 0.717) is 23.2 Å². The Kier molecular flexibility index (Phi) is 5.05. The first-order chi connectivity index (χ1) is 16.3. The predicted molar refractivity (Wildman–Crippen MR) is 130 cm³/mol. The first-order valence-electron chi connectivity index (χ1n) is 11.0. The Morgan fingerprint density at radius 3 is 2.29 bits per heavy atom. The number of nitrogens with zero attached hydrogens (tertiary/aromatic N) is 2. The van der Waals surface area contributed by atoms with Crippen molar-refractivity contribution in [3.8, 4) is 5.69 Å². The summed E-state index contributed by atoms with van der Waals surface area (Å²) < 4.78 is 2.51. The predicted octanol–water partition coefficient (Wildman–Crippen LogP) is 3.74. The number of aryl methyl sites for hydroxylation is 2. The Labute approximate surface area is 194 Å². The highest BCUT2D eigenvalue weighted by Crippen LogP contribution is 2.29. The average Bonchev–Trinajstić information content (AvgIpc) is 2.82.